The molecule has 0 fully saturated rings. The SMILES string of the molecule is N#[C][Fe-4]([C]#N)([C]#N)([C]#N)([C]#N)[C]#N.[K+].[Mg+2]. The molecule has 0 unspecified atom stereocenters. The molecule has 0 aliphatic heterocycles. The Kier molecular flexibility index (Phi) is 7.13. The van der Waals surface area contributed by atoms with E-state index in [0.29, 0.717) is 0 Å². The van der Waals surface area contributed by atoms with Gasteiger partial charge in [-0.2, -0.15) is 0 Å². The van der Waals surface area contributed by atoms with Gasteiger partial charge in [0.25, 0.3) is 0 Å². The van der Waals surface area contributed by atoms with Crippen molar-refractivity contribution in [1.29, 1.82) is 31.6 Å². The van der Waals surface area contributed by atoms with Crippen molar-refractivity contribution < 1.29 is 62.1 Å². The molecule has 15 heavy (non-hydrogen) atoms. The van der Waals surface area contributed by atoms with Gasteiger partial charge in [0.05, 0.1) is 0 Å². The van der Waals surface area contributed by atoms with Gasteiger partial charge in [-0.05, 0) is 0 Å². The van der Waals surface area contributed by atoms with Crippen LogP contribution in [0.5, 0.6) is 0 Å². The van der Waals surface area contributed by atoms with Gasteiger partial charge in [0, 0.05) is 0 Å². The molecule has 0 aromatic carbocycles. The van der Waals surface area contributed by atoms with E-state index in [-0.39, 0.29) is 74.4 Å². The van der Waals surface area contributed by atoms with Crippen LogP contribution in [0.25, 0.3) is 0 Å². The van der Waals surface area contributed by atoms with Gasteiger partial charge in [0.2, 0.25) is 0 Å². The summed E-state index contributed by atoms with van der Waals surface area (Å²) < 4.78 is 0. The fraction of sp³-hybridized carbons (Fsp3) is 0. The Hall–Kier alpha value is -0.138. The molecule has 0 bridgehead atoms. The Morgan fingerprint density at radius 3 is 0.667 bits per heavy atom. The molecular formula is C6FeKMgN6-. The van der Waals surface area contributed by atoms with E-state index < -0.39 is 10.7 Å². The zero-order valence-corrected chi connectivity index (χ0v) is 13.4. The van der Waals surface area contributed by atoms with Gasteiger partial charge in [-0.3, -0.25) is 0 Å². The molecular weight excluding hydrogens is 275 g/mol. The quantitative estimate of drug-likeness (QED) is 0.424. The fourth-order valence-corrected chi connectivity index (χ4v) is 1.09. The van der Waals surface area contributed by atoms with Gasteiger partial charge in [-0.25, -0.2) is 0 Å². The van der Waals surface area contributed by atoms with Gasteiger partial charge in [-0.1, -0.05) is 0 Å². The van der Waals surface area contributed by atoms with Gasteiger partial charge < -0.3 is 0 Å². The molecule has 9 heteroatoms. The topological polar surface area (TPSA) is 143 Å². The van der Waals surface area contributed by atoms with Crippen LogP contribution in [0, 0.1) is 61.4 Å². The molecule has 6 nitrogen and oxygen atoms in total. The first-order valence-corrected chi connectivity index (χ1v) is 5.71. The average Bonchev–Trinajstić information content (AvgIpc) is 2.26. The van der Waals surface area contributed by atoms with E-state index in [1.807, 2.05) is 0 Å². The van der Waals surface area contributed by atoms with E-state index >= 15 is 0 Å². The molecule has 0 aliphatic rings. The largest absolute Gasteiger partial charge is 2.00 e. The second-order valence-electron chi connectivity index (χ2n) is 1.80. The number of nitrogens with zero attached hydrogens (tertiary/aromatic N) is 6. The smallest absolute Gasteiger partial charge is 1.00 e. The maximum absolute atomic E-state index is 8.58. The summed E-state index contributed by atoms with van der Waals surface area (Å²) in [6.45, 7) is 0. The van der Waals surface area contributed by atoms with Crippen LogP contribution in [0.15, 0.2) is 0 Å². The molecule has 66 valence electrons. The van der Waals surface area contributed by atoms with Gasteiger partial charge in [0.1, 0.15) is 0 Å². The van der Waals surface area contributed by atoms with Crippen molar-refractivity contribution in [2.24, 2.45) is 0 Å². The molecule has 0 heterocycles. The first-order chi connectivity index (χ1) is 5.97. The summed E-state index contributed by atoms with van der Waals surface area (Å²) in [4.78, 5) is 6.19. The summed E-state index contributed by atoms with van der Waals surface area (Å²) in [7, 11) is -6.17. The second kappa shape index (κ2) is 5.27. The van der Waals surface area contributed by atoms with E-state index in [2.05, 4.69) is 0 Å². The van der Waals surface area contributed by atoms with Gasteiger partial charge >= 0.3 is 147 Å². The number of hydrogen-bond acceptors (Lipinski definition) is 6. The summed E-state index contributed by atoms with van der Waals surface area (Å²) >= 11 is 0. The van der Waals surface area contributed by atoms with E-state index in [0.717, 1.165) is 29.8 Å². The van der Waals surface area contributed by atoms with E-state index in [9.17, 15) is 0 Å². The Labute approximate surface area is 144 Å². The maximum atomic E-state index is 8.58. The van der Waals surface area contributed by atoms with Crippen LogP contribution in [0.4, 0.5) is 0 Å². The third kappa shape index (κ3) is 2.19. The third-order valence-corrected chi connectivity index (χ3v) is 4.89. The first kappa shape index (κ1) is 20.3. The van der Waals surface area contributed by atoms with Crippen molar-refractivity contribution in [3.05, 3.63) is 0 Å². The van der Waals surface area contributed by atoms with E-state index in [1.165, 1.54) is 0 Å². The van der Waals surface area contributed by atoms with Crippen molar-refractivity contribution >= 4 is 23.1 Å². The van der Waals surface area contributed by atoms with Crippen LogP contribution in [0.2, 0.25) is 0 Å². The zero-order chi connectivity index (χ0) is 10.7. The number of hydrogen-bond donors (Lipinski definition) is 0. The molecule has 0 radical (unpaired) electrons. The predicted octanol–water partition coefficient (Wildman–Crippen LogP) is -3.28. The van der Waals surface area contributed by atoms with Gasteiger partial charge in [0.15, 0.2) is 0 Å². The van der Waals surface area contributed by atoms with Crippen LogP contribution >= 0.6 is 0 Å². The fourth-order valence-electron chi connectivity index (χ4n) is 0.265. The maximum Gasteiger partial charge on any atom is 2.00 e. The normalized spacial score (nSPS) is 11.6. The molecule has 0 spiro atoms. The summed E-state index contributed by atoms with van der Waals surface area (Å²) in [6.07, 6.45) is 0. The molecule has 0 N–H and O–H groups in total. The minimum absolute atomic E-state index is 0. The van der Waals surface area contributed by atoms with Crippen LogP contribution in [-0.4, -0.2) is 23.1 Å². The molecule has 0 amide bonds. The Bertz CT molecular complexity index is 397. The molecule has 0 aromatic rings. The molecule has 0 atom stereocenters. The van der Waals surface area contributed by atoms with Crippen molar-refractivity contribution in [2.75, 3.05) is 0 Å². The van der Waals surface area contributed by atoms with E-state index in [4.69, 9.17) is 31.6 Å². The number of nitriles is 6. The monoisotopic (exact) mass is 275 g/mol. The molecule has 0 saturated carbocycles. The minimum atomic E-state index is -6.17. The van der Waals surface area contributed by atoms with Crippen molar-refractivity contribution in [3.63, 3.8) is 0 Å². The van der Waals surface area contributed by atoms with Crippen LogP contribution < -0.4 is 51.4 Å². The Morgan fingerprint density at radius 1 is 0.533 bits per heavy atom. The molecule has 0 aromatic heterocycles. The van der Waals surface area contributed by atoms with Crippen LogP contribution in [0.1, 0.15) is 0 Å². The summed E-state index contributed by atoms with van der Waals surface area (Å²) in [5.41, 5.74) is 0. The Balaban J connectivity index is -0.000000720. The predicted molar refractivity (Wildman–Crippen MR) is 39.4 cm³/mol. The molecule has 0 saturated heterocycles. The van der Waals surface area contributed by atoms with E-state index in [1.54, 1.807) is 0 Å². The second-order valence-corrected chi connectivity index (χ2v) is 7.42. The first-order valence-electron chi connectivity index (χ1n) is 2.40. The molecule has 0 aliphatic carbocycles. The standard InChI is InChI=1S/6CN.Fe.K.Mg/c6*1-2;;;/q;;;;;;-4;+1;+2. The Morgan fingerprint density at radius 2 is 0.667 bits per heavy atom. The van der Waals surface area contributed by atoms with Crippen molar-refractivity contribution in [3.8, 4) is 29.8 Å². The van der Waals surface area contributed by atoms with Crippen molar-refractivity contribution in [2.45, 2.75) is 0 Å². The van der Waals surface area contributed by atoms with Crippen LogP contribution in [0.3, 0.4) is 0 Å². The van der Waals surface area contributed by atoms with Crippen molar-refractivity contribution in [1.82, 2.24) is 0 Å². The minimum Gasteiger partial charge on any atom is 1.00 e. The van der Waals surface area contributed by atoms with Gasteiger partial charge in [-0.15, -0.1) is 0 Å². The summed E-state index contributed by atoms with van der Waals surface area (Å²) in [5, 5.41) is 51.5. The summed E-state index contributed by atoms with van der Waals surface area (Å²) in [5.74, 6) is 0. The molecule has 0 rings (SSSR count). The summed E-state index contributed by atoms with van der Waals surface area (Å²) in [6, 6.07) is 0. The van der Waals surface area contributed by atoms with Crippen LogP contribution in [-0.2, 0) is 10.7 Å². The number of rotatable bonds is 0. The average molecular weight is 275 g/mol. The zero-order valence-electron chi connectivity index (χ0n) is 7.74. The third-order valence-electron chi connectivity index (χ3n) is 1.19.